The molecular weight excluding hydrogens is 432 g/mol. The molecule has 2 aromatic rings. The number of halogens is 2. The molecule has 0 saturated carbocycles. The molecule has 0 fully saturated rings. The van der Waals surface area contributed by atoms with E-state index in [1.807, 2.05) is 20.8 Å². The normalized spacial score (nSPS) is 11.5. The van der Waals surface area contributed by atoms with Gasteiger partial charge >= 0.3 is 0 Å². The fourth-order valence-corrected chi connectivity index (χ4v) is 3.85. The number of thiazole rings is 1. The third kappa shape index (κ3) is 8.50. The number of anilines is 1. The Morgan fingerprint density at radius 3 is 2.55 bits per heavy atom. The van der Waals surface area contributed by atoms with Crippen molar-refractivity contribution >= 4 is 29.1 Å². The first-order chi connectivity index (χ1) is 14.7. The average Bonchev–Trinajstić information content (AvgIpc) is 3.09. The van der Waals surface area contributed by atoms with Crippen LogP contribution in [-0.2, 0) is 5.92 Å². The quantitative estimate of drug-likeness (QED) is 0.183. The molecule has 7 heteroatoms. The molecule has 0 saturated heterocycles. The van der Waals surface area contributed by atoms with Crippen molar-refractivity contribution in [1.29, 1.82) is 0 Å². The van der Waals surface area contributed by atoms with Crippen LogP contribution in [0.3, 0.4) is 0 Å². The van der Waals surface area contributed by atoms with Crippen molar-refractivity contribution in [3.63, 3.8) is 0 Å². The number of nitrogens with zero attached hydrogens (tertiary/aromatic N) is 1. The van der Waals surface area contributed by atoms with Gasteiger partial charge in [-0.25, -0.2) is 13.8 Å². The fraction of sp³-hybridized carbons (Fsp3) is 0.375. The van der Waals surface area contributed by atoms with Crippen LogP contribution in [0.2, 0.25) is 0 Å². The van der Waals surface area contributed by atoms with E-state index in [2.05, 4.69) is 36.1 Å². The monoisotopic (exact) mass is 465 g/mol. The van der Waals surface area contributed by atoms with Gasteiger partial charge in [-0.2, -0.15) is 0 Å². The number of aromatic nitrogens is 1. The van der Waals surface area contributed by atoms with Gasteiger partial charge in [0.2, 0.25) is 0 Å². The summed E-state index contributed by atoms with van der Waals surface area (Å²) in [5, 5.41) is 3.53. The van der Waals surface area contributed by atoms with Crippen molar-refractivity contribution < 1.29 is 8.78 Å². The predicted molar refractivity (Wildman–Crippen MR) is 135 cm³/mol. The molecular formula is C24H33F2N3S2. The highest BCUT2D eigenvalue weighted by Crippen LogP contribution is 2.41. The van der Waals surface area contributed by atoms with Crippen LogP contribution in [0.5, 0.6) is 0 Å². The van der Waals surface area contributed by atoms with Crippen LogP contribution in [0, 0.1) is 6.92 Å². The van der Waals surface area contributed by atoms with Gasteiger partial charge in [-0.15, -0.1) is 24.0 Å². The number of allylic oxidation sites excluding steroid dienone is 2. The van der Waals surface area contributed by atoms with Crippen molar-refractivity contribution in [1.82, 2.24) is 10.3 Å². The van der Waals surface area contributed by atoms with E-state index >= 15 is 0 Å². The number of rotatable bonds is 11. The Morgan fingerprint density at radius 1 is 1.26 bits per heavy atom. The van der Waals surface area contributed by atoms with Crippen LogP contribution in [0.4, 0.5) is 13.9 Å². The minimum atomic E-state index is -2.92. The second-order valence-electron chi connectivity index (χ2n) is 6.74. The highest BCUT2D eigenvalue weighted by molar-refractivity contribution is 7.84. The summed E-state index contributed by atoms with van der Waals surface area (Å²) in [5.74, 6) is -2.92. The van der Waals surface area contributed by atoms with E-state index in [4.69, 9.17) is 5.73 Å². The van der Waals surface area contributed by atoms with E-state index in [0.717, 1.165) is 21.9 Å². The zero-order valence-corrected chi connectivity index (χ0v) is 20.3. The molecule has 3 nitrogen and oxygen atoms in total. The molecule has 0 aliphatic carbocycles. The number of aryl methyl sites for hydroxylation is 1. The van der Waals surface area contributed by atoms with E-state index in [-0.39, 0.29) is 12.0 Å². The third-order valence-electron chi connectivity index (χ3n) is 4.44. The molecule has 0 atom stereocenters. The van der Waals surface area contributed by atoms with Crippen LogP contribution in [-0.4, -0.2) is 11.5 Å². The number of thiol groups is 1. The molecule has 0 aliphatic heterocycles. The lowest BCUT2D eigenvalue weighted by molar-refractivity contribution is -0.0152. The first kappa shape index (κ1) is 26.9. The number of unbranched alkanes of at least 4 members (excludes halogenated alkanes) is 2. The molecule has 0 amide bonds. The Labute approximate surface area is 194 Å². The van der Waals surface area contributed by atoms with Crippen LogP contribution in [0.1, 0.15) is 50.0 Å². The van der Waals surface area contributed by atoms with Gasteiger partial charge in [0.05, 0.1) is 5.69 Å². The molecule has 1 heterocycles. The molecule has 3 N–H and O–H groups in total. The lowest BCUT2D eigenvalue weighted by Crippen LogP contribution is -2.16. The minimum Gasteiger partial charge on any atom is -0.385 e. The van der Waals surface area contributed by atoms with Crippen molar-refractivity contribution in [2.75, 3.05) is 12.3 Å². The van der Waals surface area contributed by atoms with Crippen molar-refractivity contribution in [2.45, 2.75) is 52.4 Å². The van der Waals surface area contributed by atoms with Crippen molar-refractivity contribution in [3.05, 3.63) is 70.6 Å². The fourth-order valence-electron chi connectivity index (χ4n) is 3.00. The smallest absolute Gasteiger partial charge is 0.273 e. The molecule has 2 rings (SSSR count). The van der Waals surface area contributed by atoms with E-state index in [9.17, 15) is 8.78 Å². The summed E-state index contributed by atoms with van der Waals surface area (Å²) in [6.07, 6.45) is 5.09. The topological polar surface area (TPSA) is 50.9 Å². The van der Waals surface area contributed by atoms with Crippen LogP contribution in [0.15, 0.2) is 60.2 Å². The van der Waals surface area contributed by atoms with Gasteiger partial charge in [0.15, 0.2) is 5.13 Å². The number of nitrogens with one attached hydrogen (secondary N) is 1. The Hall–Kier alpha value is -2.12. The Morgan fingerprint density at radius 2 is 1.94 bits per heavy atom. The summed E-state index contributed by atoms with van der Waals surface area (Å²) in [6.45, 7) is 14.0. The standard InChI is InChI=1S/C22H27F2N3S2.C2H6/c1-4-17(28)14-15(2)26-13-9-5-8-12-22(23,24)19-11-7-6-10-18(19)20-16(3)29-21(25)27-20;1-2/h4,6-7,10-11,14,26,28H,1-2,5,8-9,12-13H2,3H3,(H2,25,27);1-2H3/b17-14+;. The van der Waals surface area contributed by atoms with E-state index in [1.54, 1.807) is 30.4 Å². The summed E-state index contributed by atoms with van der Waals surface area (Å²) in [4.78, 5) is 5.81. The number of nitrogens with two attached hydrogens (primary N) is 1. The Bertz CT molecular complexity index is 889. The van der Waals surface area contributed by atoms with Gasteiger partial charge in [-0.1, -0.05) is 63.8 Å². The first-order valence-corrected chi connectivity index (χ1v) is 11.7. The molecule has 0 aliphatic rings. The van der Waals surface area contributed by atoms with Gasteiger partial charge in [0.1, 0.15) is 0 Å². The van der Waals surface area contributed by atoms with Gasteiger partial charge < -0.3 is 11.1 Å². The van der Waals surface area contributed by atoms with Crippen LogP contribution in [0.25, 0.3) is 11.3 Å². The number of hydrogen-bond acceptors (Lipinski definition) is 5. The van der Waals surface area contributed by atoms with E-state index in [1.165, 1.54) is 17.4 Å². The summed E-state index contributed by atoms with van der Waals surface area (Å²) in [5.41, 5.74) is 7.49. The maximum atomic E-state index is 14.9. The largest absolute Gasteiger partial charge is 0.385 e. The SMILES string of the molecule is C=C/C(S)=C\C(=C)NCCCCCC(F)(F)c1ccccc1-c1nc(N)sc1C.CC. The highest BCUT2D eigenvalue weighted by Gasteiger charge is 2.34. The Kier molecular flexibility index (Phi) is 11.6. The summed E-state index contributed by atoms with van der Waals surface area (Å²) < 4.78 is 29.9. The zero-order chi connectivity index (χ0) is 23.4. The molecule has 1 aromatic heterocycles. The molecule has 1 aromatic carbocycles. The van der Waals surface area contributed by atoms with Crippen molar-refractivity contribution in [2.24, 2.45) is 0 Å². The highest BCUT2D eigenvalue weighted by atomic mass is 32.1. The molecule has 0 spiro atoms. The van der Waals surface area contributed by atoms with E-state index in [0.29, 0.717) is 35.8 Å². The maximum absolute atomic E-state index is 14.9. The third-order valence-corrected chi connectivity index (χ3v) is 5.55. The average molecular weight is 466 g/mol. The second kappa shape index (κ2) is 13.3. The molecule has 31 heavy (non-hydrogen) atoms. The van der Waals surface area contributed by atoms with Crippen LogP contribution < -0.4 is 11.1 Å². The lowest BCUT2D eigenvalue weighted by Gasteiger charge is -2.20. The predicted octanol–water partition coefficient (Wildman–Crippen LogP) is 7.48. The summed E-state index contributed by atoms with van der Waals surface area (Å²) >= 11 is 5.52. The Balaban J connectivity index is 0.00000233. The van der Waals surface area contributed by atoms with Gasteiger partial charge in [-0.3, -0.25) is 0 Å². The minimum absolute atomic E-state index is 0.00998. The molecule has 0 bridgehead atoms. The molecule has 170 valence electrons. The van der Waals surface area contributed by atoms with Gasteiger partial charge in [-0.05, 0) is 25.8 Å². The lowest BCUT2D eigenvalue weighted by atomic mass is 9.95. The zero-order valence-electron chi connectivity index (χ0n) is 18.5. The second-order valence-corrected chi connectivity index (χ2v) is 8.49. The summed E-state index contributed by atoms with van der Waals surface area (Å²) in [7, 11) is 0. The number of benzene rings is 1. The van der Waals surface area contributed by atoms with Crippen molar-refractivity contribution in [3.8, 4) is 11.3 Å². The number of nitrogen functional groups attached to an aromatic ring is 1. The molecule has 0 unspecified atom stereocenters. The van der Waals surface area contributed by atoms with Gasteiger partial charge in [0, 0.05) is 39.6 Å². The first-order valence-electron chi connectivity index (χ1n) is 10.4. The maximum Gasteiger partial charge on any atom is 0.273 e. The van der Waals surface area contributed by atoms with Gasteiger partial charge in [0.25, 0.3) is 5.92 Å². The molecule has 0 radical (unpaired) electrons. The van der Waals surface area contributed by atoms with E-state index < -0.39 is 5.92 Å². The number of alkyl halides is 2. The summed E-state index contributed by atoms with van der Waals surface area (Å²) in [6, 6.07) is 6.56. The number of hydrogen-bond donors (Lipinski definition) is 3. The van der Waals surface area contributed by atoms with Crippen LogP contribution >= 0.6 is 24.0 Å².